The van der Waals surface area contributed by atoms with Crippen LogP contribution in [0.15, 0.2) is 79.1 Å². The highest BCUT2D eigenvalue weighted by Crippen LogP contribution is 2.24. The Kier molecular flexibility index (Phi) is 5.13. The summed E-state index contributed by atoms with van der Waals surface area (Å²) in [7, 11) is 0. The topological polar surface area (TPSA) is 98.8 Å². The fourth-order valence-corrected chi connectivity index (χ4v) is 2.95. The molecular weight excluding hydrogens is 384 g/mol. The molecule has 1 atom stereocenters. The summed E-state index contributed by atoms with van der Waals surface area (Å²) in [6, 6.07) is 19.4. The van der Waals surface area contributed by atoms with Crippen LogP contribution in [0.3, 0.4) is 0 Å². The number of nitrogens with one attached hydrogen (secondary N) is 1. The number of carbonyl (C=O) groups is 1. The van der Waals surface area contributed by atoms with Crippen molar-refractivity contribution < 1.29 is 14.5 Å². The van der Waals surface area contributed by atoms with Crippen LogP contribution in [0.2, 0.25) is 0 Å². The zero-order chi connectivity index (χ0) is 21.1. The largest absolute Gasteiger partial charge is 0.481 e. The van der Waals surface area contributed by atoms with E-state index in [1.807, 2.05) is 42.5 Å². The number of imidazole rings is 1. The molecule has 0 saturated carbocycles. The van der Waals surface area contributed by atoms with Crippen LogP contribution < -0.4 is 10.1 Å². The van der Waals surface area contributed by atoms with Crippen molar-refractivity contribution in [3.63, 3.8) is 0 Å². The summed E-state index contributed by atoms with van der Waals surface area (Å²) in [5.74, 6) is 0.307. The summed E-state index contributed by atoms with van der Waals surface area (Å²) < 4.78 is 7.35. The summed E-state index contributed by atoms with van der Waals surface area (Å²) in [5, 5.41) is 13.7. The van der Waals surface area contributed by atoms with Crippen LogP contribution in [-0.4, -0.2) is 26.3 Å². The standard InChI is InChI=1S/C22H18N4O4/c1-15(22(27)23-17-5-3-2-4-6-17)30-19-10-7-16(8-11-19)20-14-25-13-18(26(28)29)9-12-21(25)24-20/h2-15H,1H3,(H,23,27). The quantitative estimate of drug-likeness (QED) is 0.383. The Morgan fingerprint density at radius 3 is 2.50 bits per heavy atom. The van der Waals surface area contributed by atoms with Gasteiger partial charge in [-0.3, -0.25) is 19.3 Å². The van der Waals surface area contributed by atoms with Gasteiger partial charge in [0.05, 0.1) is 16.8 Å². The summed E-state index contributed by atoms with van der Waals surface area (Å²) in [5.41, 5.74) is 2.83. The van der Waals surface area contributed by atoms with Crippen LogP contribution in [0, 0.1) is 10.1 Å². The van der Waals surface area contributed by atoms with Crippen molar-refractivity contribution in [3.05, 3.63) is 89.2 Å². The number of hydrogen-bond acceptors (Lipinski definition) is 5. The van der Waals surface area contributed by atoms with Gasteiger partial charge in [-0.15, -0.1) is 0 Å². The zero-order valence-electron chi connectivity index (χ0n) is 16.1. The van der Waals surface area contributed by atoms with Gasteiger partial charge >= 0.3 is 0 Å². The smallest absolute Gasteiger partial charge is 0.286 e. The molecule has 150 valence electrons. The summed E-state index contributed by atoms with van der Waals surface area (Å²) in [6.07, 6.45) is 2.48. The van der Waals surface area contributed by atoms with Crippen LogP contribution in [0.5, 0.6) is 5.75 Å². The number of nitro groups is 1. The summed E-state index contributed by atoms with van der Waals surface area (Å²) in [4.78, 5) is 27.3. The van der Waals surface area contributed by atoms with Gasteiger partial charge in [0.15, 0.2) is 6.10 Å². The molecule has 2 heterocycles. The number of ether oxygens (including phenoxy) is 1. The first-order chi connectivity index (χ1) is 14.5. The number of carbonyl (C=O) groups excluding carboxylic acids is 1. The van der Waals surface area contributed by atoms with Crippen molar-refractivity contribution in [2.75, 3.05) is 5.32 Å². The van der Waals surface area contributed by atoms with Gasteiger partial charge in [-0.05, 0) is 49.4 Å². The first kappa shape index (κ1) is 19.1. The monoisotopic (exact) mass is 402 g/mol. The normalized spacial score (nSPS) is 11.8. The maximum absolute atomic E-state index is 12.3. The molecule has 8 heteroatoms. The maximum Gasteiger partial charge on any atom is 0.286 e. The van der Waals surface area contributed by atoms with Gasteiger partial charge in [0, 0.05) is 23.5 Å². The molecule has 30 heavy (non-hydrogen) atoms. The number of amides is 1. The first-order valence-electron chi connectivity index (χ1n) is 9.26. The van der Waals surface area contributed by atoms with E-state index in [1.54, 1.807) is 35.7 Å². The van der Waals surface area contributed by atoms with E-state index in [1.165, 1.54) is 12.3 Å². The van der Waals surface area contributed by atoms with Crippen LogP contribution >= 0.6 is 0 Å². The van der Waals surface area contributed by atoms with Crippen molar-refractivity contribution in [2.24, 2.45) is 0 Å². The van der Waals surface area contributed by atoms with Crippen molar-refractivity contribution >= 4 is 22.9 Å². The highest BCUT2D eigenvalue weighted by atomic mass is 16.6. The van der Waals surface area contributed by atoms with Crippen molar-refractivity contribution in [2.45, 2.75) is 13.0 Å². The lowest BCUT2D eigenvalue weighted by Crippen LogP contribution is -2.30. The molecule has 1 unspecified atom stereocenters. The lowest BCUT2D eigenvalue weighted by atomic mass is 10.1. The van der Waals surface area contributed by atoms with Gasteiger partial charge in [-0.2, -0.15) is 0 Å². The minimum atomic E-state index is -0.674. The molecule has 2 aromatic carbocycles. The maximum atomic E-state index is 12.3. The molecule has 0 aliphatic rings. The Hall–Kier alpha value is -4.20. The second-order valence-electron chi connectivity index (χ2n) is 6.68. The number of rotatable bonds is 6. The molecule has 0 aliphatic carbocycles. The second kappa shape index (κ2) is 8.04. The summed E-state index contributed by atoms with van der Waals surface area (Å²) >= 11 is 0. The first-order valence-corrected chi connectivity index (χ1v) is 9.26. The van der Waals surface area contributed by atoms with Crippen molar-refractivity contribution in [3.8, 4) is 17.0 Å². The average molecular weight is 402 g/mol. The van der Waals surface area contributed by atoms with E-state index in [2.05, 4.69) is 10.3 Å². The number of para-hydroxylation sites is 1. The molecule has 1 N–H and O–H groups in total. The van der Waals surface area contributed by atoms with Gasteiger partial charge in [0.1, 0.15) is 11.4 Å². The van der Waals surface area contributed by atoms with Gasteiger partial charge in [-0.1, -0.05) is 18.2 Å². The SMILES string of the molecule is CC(Oc1ccc(-c2cn3cc([N+](=O)[O-])ccc3n2)cc1)C(=O)Nc1ccccc1. The molecule has 1 amide bonds. The third-order valence-corrected chi connectivity index (χ3v) is 4.52. The van der Waals surface area contributed by atoms with Gasteiger partial charge in [0.2, 0.25) is 0 Å². The van der Waals surface area contributed by atoms with E-state index in [0.29, 0.717) is 22.8 Å². The molecule has 0 aliphatic heterocycles. The Morgan fingerprint density at radius 2 is 1.80 bits per heavy atom. The van der Waals surface area contributed by atoms with E-state index < -0.39 is 11.0 Å². The number of nitrogens with zero attached hydrogens (tertiary/aromatic N) is 3. The molecule has 0 radical (unpaired) electrons. The van der Waals surface area contributed by atoms with E-state index in [0.717, 1.165) is 5.56 Å². The van der Waals surface area contributed by atoms with Crippen LogP contribution in [-0.2, 0) is 4.79 Å². The predicted molar refractivity (Wildman–Crippen MR) is 112 cm³/mol. The fourth-order valence-electron chi connectivity index (χ4n) is 2.95. The van der Waals surface area contributed by atoms with Crippen molar-refractivity contribution in [1.29, 1.82) is 0 Å². The van der Waals surface area contributed by atoms with E-state index >= 15 is 0 Å². The van der Waals surface area contributed by atoms with E-state index in [-0.39, 0.29) is 11.6 Å². The number of benzene rings is 2. The minimum Gasteiger partial charge on any atom is -0.481 e. The third-order valence-electron chi connectivity index (χ3n) is 4.52. The molecule has 2 aromatic heterocycles. The van der Waals surface area contributed by atoms with Crippen LogP contribution in [0.4, 0.5) is 11.4 Å². The third kappa shape index (κ3) is 4.12. The fraction of sp³-hybridized carbons (Fsp3) is 0.0909. The number of hydrogen-bond donors (Lipinski definition) is 1. The molecule has 0 fully saturated rings. The van der Waals surface area contributed by atoms with Gasteiger partial charge in [-0.25, -0.2) is 4.98 Å². The molecule has 4 aromatic rings. The Balaban J connectivity index is 1.45. The number of fused-ring (bicyclic) bond motifs is 1. The molecule has 0 saturated heterocycles. The molecule has 0 bridgehead atoms. The Labute approximate surface area is 171 Å². The average Bonchev–Trinajstić information content (AvgIpc) is 3.18. The Morgan fingerprint density at radius 1 is 1.07 bits per heavy atom. The summed E-state index contributed by atoms with van der Waals surface area (Å²) in [6.45, 7) is 1.68. The second-order valence-corrected chi connectivity index (χ2v) is 6.68. The highest BCUT2D eigenvalue weighted by molar-refractivity contribution is 5.94. The van der Waals surface area contributed by atoms with E-state index in [9.17, 15) is 14.9 Å². The van der Waals surface area contributed by atoms with E-state index in [4.69, 9.17) is 4.74 Å². The van der Waals surface area contributed by atoms with Crippen LogP contribution in [0.25, 0.3) is 16.9 Å². The van der Waals surface area contributed by atoms with Gasteiger partial charge in [0.25, 0.3) is 11.6 Å². The lowest BCUT2D eigenvalue weighted by Gasteiger charge is -2.15. The number of aromatic nitrogens is 2. The molecule has 4 rings (SSSR count). The zero-order valence-corrected chi connectivity index (χ0v) is 16.1. The minimum absolute atomic E-state index is 0.00188. The van der Waals surface area contributed by atoms with Crippen molar-refractivity contribution in [1.82, 2.24) is 9.38 Å². The predicted octanol–water partition coefficient (Wildman–Crippen LogP) is 4.32. The molecule has 8 nitrogen and oxygen atoms in total. The number of anilines is 1. The highest BCUT2D eigenvalue weighted by Gasteiger charge is 2.15. The van der Waals surface area contributed by atoms with Crippen LogP contribution in [0.1, 0.15) is 6.92 Å². The molecule has 0 spiro atoms. The molecular formula is C22H18N4O4. The van der Waals surface area contributed by atoms with Gasteiger partial charge < -0.3 is 10.1 Å². The Bertz CT molecular complexity index is 1200. The lowest BCUT2D eigenvalue weighted by molar-refractivity contribution is -0.385. The number of pyridine rings is 1.